The Kier molecular flexibility index (Phi) is 7.40. The molecule has 1 aliphatic carbocycles. The highest BCUT2D eigenvalue weighted by Crippen LogP contribution is 2.38. The summed E-state index contributed by atoms with van der Waals surface area (Å²) in [6, 6.07) is 19.0. The van der Waals surface area contributed by atoms with Gasteiger partial charge in [0.1, 0.15) is 12.0 Å². The molecule has 2 aromatic carbocycles. The molecule has 0 saturated heterocycles. The number of Topliss-reactive ketones (excluding diaryl/α,β-unsaturated/α-hetero) is 2. The van der Waals surface area contributed by atoms with Crippen LogP contribution in [0.4, 0.5) is 15.9 Å². The minimum absolute atomic E-state index is 0.00473. The summed E-state index contributed by atoms with van der Waals surface area (Å²) in [5, 5.41) is 11.5. The van der Waals surface area contributed by atoms with Crippen LogP contribution in [0.25, 0.3) is 22.0 Å². The molecule has 0 bridgehead atoms. The number of aromatic nitrogens is 4. The summed E-state index contributed by atoms with van der Waals surface area (Å²) < 4.78 is 16.6. The lowest BCUT2D eigenvalue weighted by Crippen LogP contribution is -2.32. The number of rotatable bonds is 8. The largest absolute Gasteiger partial charge is 0.348 e. The van der Waals surface area contributed by atoms with Crippen LogP contribution in [-0.4, -0.2) is 43.4 Å². The molecule has 7 rings (SSSR count). The molecule has 0 spiro atoms. The van der Waals surface area contributed by atoms with Crippen molar-refractivity contribution in [2.24, 2.45) is 11.8 Å². The fourth-order valence-corrected chi connectivity index (χ4v) is 6.72. The highest BCUT2D eigenvalue weighted by atomic mass is 19.1. The Hall–Kier alpha value is -5.25. The van der Waals surface area contributed by atoms with Crippen LogP contribution < -0.4 is 10.2 Å². The number of benzene rings is 2. The molecule has 10 heteroatoms. The molecule has 1 N–H and O–H groups in total. The minimum atomic E-state index is -1.25. The maximum Gasteiger partial charge on any atom is 0.228 e. The fraction of sp³-hybridized carbons (Fsp3) is 0.257. The first-order valence-electron chi connectivity index (χ1n) is 15.0. The maximum atomic E-state index is 14.8. The van der Waals surface area contributed by atoms with E-state index in [2.05, 4.69) is 25.4 Å². The number of alkyl halides is 1. The third-order valence-electron chi connectivity index (χ3n) is 8.97. The molecule has 2 aliphatic rings. The minimum Gasteiger partial charge on any atom is -0.348 e. The summed E-state index contributed by atoms with van der Waals surface area (Å²) in [5.41, 5.74) is 5.68. The predicted octanol–water partition coefficient (Wildman–Crippen LogP) is 5.79. The van der Waals surface area contributed by atoms with Gasteiger partial charge in [0.15, 0.2) is 11.6 Å². The molecule has 5 aromatic rings. The number of fused-ring (bicyclic) bond motifs is 2. The lowest BCUT2D eigenvalue weighted by Gasteiger charge is -2.20. The van der Waals surface area contributed by atoms with Crippen LogP contribution >= 0.6 is 0 Å². The molecule has 9 nitrogen and oxygen atoms in total. The summed E-state index contributed by atoms with van der Waals surface area (Å²) in [5.74, 6) is -1.43. The van der Waals surface area contributed by atoms with Crippen molar-refractivity contribution in [3.05, 3.63) is 102 Å². The molecule has 1 fully saturated rings. The van der Waals surface area contributed by atoms with E-state index in [9.17, 15) is 18.8 Å². The summed E-state index contributed by atoms with van der Waals surface area (Å²) in [6.45, 7) is 2.67. The van der Waals surface area contributed by atoms with E-state index >= 15 is 0 Å². The van der Waals surface area contributed by atoms with Crippen LogP contribution in [0.2, 0.25) is 0 Å². The van der Waals surface area contributed by atoms with Crippen molar-refractivity contribution < 1.29 is 18.8 Å². The van der Waals surface area contributed by atoms with Crippen LogP contribution in [0.15, 0.2) is 85.5 Å². The van der Waals surface area contributed by atoms with Gasteiger partial charge >= 0.3 is 0 Å². The predicted molar refractivity (Wildman–Crippen MR) is 168 cm³/mol. The van der Waals surface area contributed by atoms with E-state index in [-0.39, 0.29) is 36.9 Å². The monoisotopic (exact) mass is 602 g/mol. The number of hydrogen-bond acceptors (Lipinski definition) is 7. The van der Waals surface area contributed by atoms with Gasteiger partial charge < -0.3 is 14.8 Å². The van der Waals surface area contributed by atoms with E-state index in [1.54, 1.807) is 29.4 Å². The highest BCUT2D eigenvalue weighted by molar-refractivity contribution is 6.08. The van der Waals surface area contributed by atoms with Crippen molar-refractivity contribution in [2.75, 3.05) is 10.2 Å². The number of halogens is 1. The van der Waals surface area contributed by atoms with Gasteiger partial charge in [-0.2, -0.15) is 10.2 Å². The maximum absolute atomic E-state index is 14.8. The third-order valence-corrected chi connectivity index (χ3v) is 8.97. The van der Waals surface area contributed by atoms with E-state index in [1.165, 1.54) is 6.92 Å². The van der Waals surface area contributed by atoms with Crippen LogP contribution in [0.3, 0.4) is 0 Å². The standard InChI is InChI=1S/C35H31FN6O3/c1-21(43)29-18-41(32-9-8-22(13-26(29)32)23-10-12-38-39-16-23)20-33(44)27-14-25(36)15-28(27)35(45)40-31-6-4-5-24-17-42(19-30(24)31)34-7-2-3-11-37-34/h2-13,16,18,25,27-28H,14-15,17,19-20H2,1H3,(H,40,45)/t25-,27?,28+/m0/s1. The Morgan fingerprint density at radius 3 is 2.58 bits per heavy atom. The Labute approximate surface area is 259 Å². The highest BCUT2D eigenvalue weighted by Gasteiger charge is 2.43. The zero-order valence-corrected chi connectivity index (χ0v) is 24.7. The first-order chi connectivity index (χ1) is 21.9. The van der Waals surface area contributed by atoms with E-state index in [0.717, 1.165) is 28.1 Å². The summed E-state index contributed by atoms with van der Waals surface area (Å²) in [7, 11) is 0. The van der Waals surface area contributed by atoms with Gasteiger partial charge in [-0.15, -0.1) is 0 Å². The molecule has 4 heterocycles. The SMILES string of the molecule is CC(=O)c1cn(CC(=O)C2C[C@H](F)C[C@H]2C(=O)Nc2cccc3c2CN(c2ccccn2)C3)c2ccc(-c3ccnnc3)cc12. The fourth-order valence-electron chi connectivity index (χ4n) is 6.72. The Balaban J connectivity index is 1.11. The molecule has 1 aliphatic heterocycles. The van der Waals surface area contributed by atoms with Crippen molar-refractivity contribution in [3.63, 3.8) is 0 Å². The van der Waals surface area contributed by atoms with Crippen LogP contribution in [0.1, 0.15) is 41.3 Å². The van der Waals surface area contributed by atoms with Gasteiger partial charge in [-0.3, -0.25) is 14.4 Å². The van der Waals surface area contributed by atoms with Gasteiger partial charge in [0.05, 0.1) is 24.9 Å². The van der Waals surface area contributed by atoms with E-state index in [1.807, 2.05) is 60.7 Å². The lowest BCUT2D eigenvalue weighted by molar-refractivity contribution is -0.130. The first-order valence-corrected chi connectivity index (χ1v) is 15.0. The topological polar surface area (TPSA) is 110 Å². The van der Waals surface area contributed by atoms with Crippen LogP contribution in [-0.2, 0) is 29.2 Å². The quantitative estimate of drug-likeness (QED) is 0.224. The van der Waals surface area contributed by atoms with Gasteiger partial charge in [-0.25, -0.2) is 9.37 Å². The van der Waals surface area contributed by atoms with Crippen molar-refractivity contribution in [3.8, 4) is 11.1 Å². The molecule has 0 radical (unpaired) electrons. The smallest absolute Gasteiger partial charge is 0.228 e. The number of hydrogen-bond donors (Lipinski definition) is 1. The third kappa shape index (κ3) is 5.48. The van der Waals surface area contributed by atoms with Crippen molar-refractivity contribution in [1.82, 2.24) is 19.7 Å². The molecule has 1 amide bonds. The van der Waals surface area contributed by atoms with E-state index in [4.69, 9.17) is 0 Å². The average Bonchev–Trinajstić information content (AvgIpc) is 3.77. The van der Waals surface area contributed by atoms with E-state index < -0.39 is 18.0 Å². The average molecular weight is 603 g/mol. The summed E-state index contributed by atoms with van der Waals surface area (Å²) in [6.07, 6.45) is 5.41. The number of amides is 1. The van der Waals surface area contributed by atoms with Gasteiger partial charge in [0.2, 0.25) is 5.91 Å². The summed E-state index contributed by atoms with van der Waals surface area (Å²) >= 11 is 0. The van der Waals surface area contributed by atoms with E-state index in [0.29, 0.717) is 35.2 Å². The zero-order chi connectivity index (χ0) is 31.1. The number of carbonyl (C=O) groups is 3. The van der Waals surface area contributed by atoms with Gasteiger partial charge in [0.25, 0.3) is 0 Å². The van der Waals surface area contributed by atoms with Gasteiger partial charge in [-0.05, 0) is 72.9 Å². The molecule has 45 heavy (non-hydrogen) atoms. The number of carbonyl (C=O) groups excluding carboxylic acids is 3. The number of ketones is 2. The Morgan fingerprint density at radius 1 is 0.933 bits per heavy atom. The Morgan fingerprint density at radius 2 is 1.80 bits per heavy atom. The molecular weight excluding hydrogens is 571 g/mol. The molecule has 226 valence electrons. The molecule has 3 aromatic heterocycles. The van der Waals surface area contributed by atoms with Crippen LogP contribution in [0, 0.1) is 11.8 Å². The molecular formula is C35H31FN6O3. The first kappa shape index (κ1) is 28.5. The zero-order valence-electron chi connectivity index (χ0n) is 24.7. The molecule has 1 saturated carbocycles. The van der Waals surface area contributed by atoms with Crippen molar-refractivity contribution >= 4 is 39.9 Å². The second-order valence-corrected chi connectivity index (χ2v) is 11.8. The normalized spacial score (nSPS) is 19.1. The molecule has 3 atom stereocenters. The summed E-state index contributed by atoms with van der Waals surface area (Å²) in [4.78, 5) is 46.5. The number of nitrogens with zero attached hydrogens (tertiary/aromatic N) is 5. The van der Waals surface area contributed by atoms with Crippen LogP contribution in [0.5, 0.6) is 0 Å². The van der Waals surface area contributed by atoms with Crippen molar-refractivity contribution in [1.29, 1.82) is 0 Å². The Bertz CT molecular complexity index is 1930. The molecule has 1 unspecified atom stereocenters. The van der Waals surface area contributed by atoms with Gasteiger partial charge in [0, 0.05) is 59.1 Å². The van der Waals surface area contributed by atoms with Crippen molar-refractivity contribution in [2.45, 2.75) is 45.6 Å². The second kappa shape index (κ2) is 11.7. The number of pyridine rings is 1. The van der Waals surface area contributed by atoms with Gasteiger partial charge in [-0.1, -0.05) is 24.3 Å². The lowest BCUT2D eigenvalue weighted by atomic mass is 9.90. The number of nitrogens with one attached hydrogen (secondary N) is 1. The second-order valence-electron chi connectivity index (χ2n) is 11.8. The number of anilines is 2.